The summed E-state index contributed by atoms with van der Waals surface area (Å²) in [6.45, 7) is 4.10. The Balaban J connectivity index is 2.14. The van der Waals surface area contributed by atoms with Crippen LogP contribution in [0.2, 0.25) is 0 Å². The normalized spacial score (nSPS) is 14.9. The molecule has 1 aliphatic rings. The van der Waals surface area contributed by atoms with E-state index in [2.05, 4.69) is 6.07 Å². The number of hydrogen-bond acceptors (Lipinski definition) is 3. The Kier molecular flexibility index (Phi) is 3.05. The van der Waals surface area contributed by atoms with E-state index in [4.69, 9.17) is 14.5 Å². The first kappa shape index (κ1) is 12.3. The molecule has 1 saturated carbocycles. The summed E-state index contributed by atoms with van der Waals surface area (Å²) in [5.41, 5.74) is 2.11. The Morgan fingerprint density at radius 2 is 2.00 bits per heavy atom. The van der Waals surface area contributed by atoms with Gasteiger partial charge in [0.2, 0.25) is 0 Å². The number of benzene rings is 1. The molecular weight excluding hydrogens is 238 g/mol. The first-order valence-corrected chi connectivity index (χ1v) is 6.82. The molecule has 19 heavy (non-hydrogen) atoms. The van der Waals surface area contributed by atoms with Crippen molar-refractivity contribution >= 4 is 10.9 Å². The molecule has 100 valence electrons. The van der Waals surface area contributed by atoms with Gasteiger partial charge >= 0.3 is 0 Å². The van der Waals surface area contributed by atoms with Gasteiger partial charge in [-0.05, 0) is 38.8 Å². The molecule has 1 aromatic carbocycles. The molecular formula is C16H19NO2. The van der Waals surface area contributed by atoms with Crippen LogP contribution in [0.25, 0.3) is 10.9 Å². The Labute approximate surface area is 113 Å². The molecule has 0 saturated heterocycles. The average Bonchev–Trinajstić information content (AvgIpc) is 3.21. The second kappa shape index (κ2) is 4.72. The minimum Gasteiger partial charge on any atom is -0.497 e. The van der Waals surface area contributed by atoms with Gasteiger partial charge in [-0.3, -0.25) is 4.98 Å². The molecule has 1 fully saturated rings. The molecule has 1 heterocycles. The maximum Gasteiger partial charge on any atom is 0.130 e. The highest BCUT2D eigenvalue weighted by Crippen LogP contribution is 2.42. The smallest absolute Gasteiger partial charge is 0.130 e. The first-order chi connectivity index (χ1) is 9.17. The molecule has 3 heteroatoms. The van der Waals surface area contributed by atoms with Gasteiger partial charge in [0.05, 0.1) is 18.7 Å². The number of ether oxygens (including phenoxy) is 2. The SMILES string of the molecule is COc1ccc2c(OC(C)C)cc(C3CC3)nc2c1. The Morgan fingerprint density at radius 1 is 1.21 bits per heavy atom. The first-order valence-electron chi connectivity index (χ1n) is 6.82. The summed E-state index contributed by atoms with van der Waals surface area (Å²) < 4.78 is 11.2. The van der Waals surface area contributed by atoms with E-state index in [1.165, 1.54) is 12.8 Å². The average molecular weight is 257 g/mol. The Morgan fingerprint density at radius 3 is 2.63 bits per heavy atom. The fourth-order valence-corrected chi connectivity index (χ4v) is 2.26. The van der Waals surface area contributed by atoms with Crippen LogP contribution >= 0.6 is 0 Å². The Bertz CT molecular complexity index is 603. The van der Waals surface area contributed by atoms with E-state index in [-0.39, 0.29) is 6.10 Å². The largest absolute Gasteiger partial charge is 0.497 e. The second-order valence-corrected chi connectivity index (χ2v) is 5.37. The quantitative estimate of drug-likeness (QED) is 0.832. The highest BCUT2D eigenvalue weighted by atomic mass is 16.5. The standard InChI is InChI=1S/C16H19NO2/c1-10(2)19-16-9-14(11-4-5-11)17-15-8-12(18-3)6-7-13(15)16/h6-11H,4-5H2,1-3H3. The van der Waals surface area contributed by atoms with Crippen molar-refractivity contribution in [2.45, 2.75) is 38.7 Å². The third-order valence-corrected chi connectivity index (χ3v) is 3.36. The summed E-state index contributed by atoms with van der Waals surface area (Å²) in [6.07, 6.45) is 2.65. The van der Waals surface area contributed by atoms with Gasteiger partial charge in [-0.1, -0.05) is 0 Å². The maximum atomic E-state index is 5.94. The predicted octanol–water partition coefficient (Wildman–Crippen LogP) is 3.91. The van der Waals surface area contributed by atoms with Crippen molar-refractivity contribution < 1.29 is 9.47 Å². The molecule has 0 aliphatic heterocycles. The molecule has 1 aliphatic carbocycles. The maximum absolute atomic E-state index is 5.94. The number of rotatable bonds is 4. The van der Waals surface area contributed by atoms with E-state index in [1.54, 1.807) is 7.11 Å². The molecule has 1 aromatic heterocycles. The molecule has 3 nitrogen and oxygen atoms in total. The zero-order valence-corrected chi connectivity index (χ0v) is 11.6. The number of methoxy groups -OCH3 is 1. The highest BCUT2D eigenvalue weighted by Gasteiger charge is 2.26. The van der Waals surface area contributed by atoms with Gasteiger partial charge in [0.15, 0.2) is 0 Å². The van der Waals surface area contributed by atoms with E-state index in [0.29, 0.717) is 5.92 Å². The summed E-state index contributed by atoms with van der Waals surface area (Å²) in [7, 11) is 1.68. The second-order valence-electron chi connectivity index (χ2n) is 5.37. The van der Waals surface area contributed by atoms with E-state index in [1.807, 2.05) is 32.0 Å². The minimum absolute atomic E-state index is 0.166. The van der Waals surface area contributed by atoms with Gasteiger partial charge in [0.1, 0.15) is 11.5 Å². The lowest BCUT2D eigenvalue weighted by molar-refractivity contribution is 0.245. The molecule has 3 rings (SSSR count). The van der Waals surface area contributed by atoms with Crippen LogP contribution in [0.1, 0.15) is 38.3 Å². The fourth-order valence-electron chi connectivity index (χ4n) is 2.26. The molecule has 0 amide bonds. The van der Waals surface area contributed by atoms with Crippen molar-refractivity contribution in [3.05, 3.63) is 30.0 Å². The highest BCUT2D eigenvalue weighted by molar-refractivity contribution is 5.86. The van der Waals surface area contributed by atoms with Crippen LogP contribution in [0.3, 0.4) is 0 Å². The summed E-state index contributed by atoms with van der Waals surface area (Å²) in [6, 6.07) is 8.06. The predicted molar refractivity (Wildman–Crippen MR) is 76.0 cm³/mol. The van der Waals surface area contributed by atoms with Crippen LogP contribution in [0, 0.1) is 0 Å². The monoisotopic (exact) mass is 257 g/mol. The summed E-state index contributed by atoms with van der Waals surface area (Å²) in [5.74, 6) is 2.39. The number of hydrogen-bond donors (Lipinski definition) is 0. The van der Waals surface area contributed by atoms with Gasteiger partial charge in [-0.2, -0.15) is 0 Å². The van der Waals surface area contributed by atoms with Crippen LogP contribution in [0.5, 0.6) is 11.5 Å². The van der Waals surface area contributed by atoms with Crippen LogP contribution in [-0.4, -0.2) is 18.2 Å². The summed E-state index contributed by atoms with van der Waals surface area (Å²) >= 11 is 0. The summed E-state index contributed by atoms with van der Waals surface area (Å²) in [5, 5.41) is 1.05. The third kappa shape index (κ3) is 2.50. The van der Waals surface area contributed by atoms with E-state index in [9.17, 15) is 0 Å². The lowest BCUT2D eigenvalue weighted by Gasteiger charge is -2.14. The van der Waals surface area contributed by atoms with E-state index >= 15 is 0 Å². The van der Waals surface area contributed by atoms with Crippen molar-refractivity contribution in [2.75, 3.05) is 7.11 Å². The number of aromatic nitrogens is 1. The molecule has 0 radical (unpaired) electrons. The molecule has 0 atom stereocenters. The van der Waals surface area contributed by atoms with Gasteiger partial charge < -0.3 is 9.47 Å². The van der Waals surface area contributed by atoms with Crippen molar-refractivity contribution in [1.82, 2.24) is 4.98 Å². The topological polar surface area (TPSA) is 31.4 Å². The fraction of sp³-hybridized carbons (Fsp3) is 0.438. The molecule has 0 spiro atoms. The van der Waals surface area contributed by atoms with Crippen LogP contribution in [-0.2, 0) is 0 Å². The van der Waals surface area contributed by atoms with Gasteiger partial charge in [-0.15, -0.1) is 0 Å². The van der Waals surface area contributed by atoms with E-state index < -0.39 is 0 Å². The number of fused-ring (bicyclic) bond motifs is 1. The van der Waals surface area contributed by atoms with Crippen molar-refractivity contribution in [2.24, 2.45) is 0 Å². The number of pyridine rings is 1. The third-order valence-electron chi connectivity index (χ3n) is 3.36. The van der Waals surface area contributed by atoms with Crippen LogP contribution in [0.4, 0.5) is 0 Å². The molecule has 0 unspecified atom stereocenters. The Hall–Kier alpha value is -1.77. The molecule has 0 bridgehead atoms. The lowest BCUT2D eigenvalue weighted by atomic mass is 10.1. The lowest BCUT2D eigenvalue weighted by Crippen LogP contribution is -2.07. The summed E-state index contributed by atoms with van der Waals surface area (Å²) in [4.78, 5) is 4.75. The van der Waals surface area contributed by atoms with Crippen LogP contribution < -0.4 is 9.47 Å². The van der Waals surface area contributed by atoms with Crippen molar-refractivity contribution in [1.29, 1.82) is 0 Å². The van der Waals surface area contributed by atoms with Gasteiger partial charge in [-0.25, -0.2) is 0 Å². The van der Waals surface area contributed by atoms with Crippen molar-refractivity contribution in [3.8, 4) is 11.5 Å². The van der Waals surface area contributed by atoms with E-state index in [0.717, 1.165) is 28.1 Å². The zero-order chi connectivity index (χ0) is 13.4. The minimum atomic E-state index is 0.166. The van der Waals surface area contributed by atoms with Gasteiger partial charge in [0.25, 0.3) is 0 Å². The zero-order valence-electron chi connectivity index (χ0n) is 11.6. The van der Waals surface area contributed by atoms with Gasteiger partial charge in [0, 0.05) is 29.1 Å². The van der Waals surface area contributed by atoms with Crippen molar-refractivity contribution in [3.63, 3.8) is 0 Å². The molecule has 2 aromatic rings. The molecule has 0 N–H and O–H groups in total. The number of nitrogens with zero attached hydrogens (tertiary/aromatic N) is 1. The van der Waals surface area contributed by atoms with Crippen LogP contribution in [0.15, 0.2) is 24.3 Å².